The summed E-state index contributed by atoms with van der Waals surface area (Å²) in [7, 11) is 0. The second-order valence-electron chi connectivity index (χ2n) is 4.97. The first kappa shape index (κ1) is 13.1. The molecule has 0 bridgehead atoms. The molecule has 2 aromatic rings. The van der Waals surface area contributed by atoms with Crippen LogP contribution in [0.3, 0.4) is 0 Å². The molecule has 5 nitrogen and oxygen atoms in total. The highest BCUT2D eigenvalue weighted by atomic mass is 19.1. The summed E-state index contributed by atoms with van der Waals surface area (Å²) in [6.07, 6.45) is 1.34. The van der Waals surface area contributed by atoms with Crippen LogP contribution in [0, 0.1) is 5.82 Å². The fourth-order valence-electron chi connectivity index (χ4n) is 1.91. The summed E-state index contributed by atoms with van der Waals surface area (Å²) < 4.78 is 24.2. The highest BCUT2D eigenvalue weighted by molar-refractivity contribution is 5.30. The van der Waals surface area contributed by atoms with Gasteiger partial charge in [0.1, 0.15) is 11.6 Å². The van der Waals surface area contributed by atoms with Crippen molar-refractivity contribution in [1.29, 1.82) is 0 Å². The maximum Gasteiger partial charge on any atom is 0.229 e. The standard InChI is InChI=1S/C14H15FN2O3/c1-8(18)11-5-4-10(6-12(11)15)19-7-13-16-14(20-17-13)9-2-3-9/h4-6,8-9,18H,2-3,7H2,1H3/t8-/m0/s1. The Labute approximate surface area is 115 Å². The van der Waals surface area contributed by atoms with Crippen LogP contribution in [-0.4, -0.2) is 15.2 Å². The van der Waals surface area contributed by atoms with E-state index in [1.54, 1.807) is 6.07 Å². The van der Waals surface area contributed by atoms with Gasteiger partial charge in [0.25, 0.3) is 0 Å². The van der Waals surface area contributed by atoms with Gasteiger partial charge in [-0.2, -0.15) is 4.98 Å². The molecule has 1 N–H and O–H groups in total. The Hall–Kier alpha value is -1.95. The minimum Gasteiger partial charge on any atom is -0.485 e. The predicted octanol–water partition coefficient (Wildman–Crippen LogP) is 2.72. The van der Waals surface area contributed by atoms with Crippen molar-refractivity contribution >= 4 is 0 Å². The van der Waals surface area contributed by atoms with Gasteiger partial charge >= 0.3 is 0 Å². The molecule has 0 spiro atoms. The van der Waals surface area contributed by atoms with E-state index in [0.29, 0.717) is 23.4 Å². The van der Waals surface area contributed by atoms with Crippen molar-refractivity contribution in [3.63, 3.8) is 0 Å². The summed E-state index contributed by atoms with van der Waals surface area (Å²) in [5.41, 5.74) is 0.243. The van der Waals surface area contributed by atoms with E-state index < -0.39 is 11.9 Å². The lowest BCUT2D eigenvalue weighted by Crippen LogP contribution is -2.00. The molecule has 3 rings (SSSR count). The molecular formula is C14H15FN2O3. The second-order valence-corrected chi connectivity index (χ2v) is 4.97. The van der Waals surface area contributed by atoms with Crippen LogP contribution in [0.15, 0.2) is 22.7 Å². The average Bonchev–Trinajstić information content (AvgIpc) is 3.15. The molecule has 6 heteroatoms. The SMILES string of the molecule is C[C@H](O)c1ccc(OCc2noc(C3CC3)n2)cc1F. The van der Waals surface area contributed by atoms with Gasteiger partial charge in [-0.1, -0.05) is 5.16 Å². The maximum atomic E-state index is 13.7. The Morgan fingerprint density at radius 2 is 2.30 bits per heavy atom. The van der Waals surface area contributed by atoms with E-state index in [-0.39, 0.29) is 12.2 Å². The molecule has 0 saturated heterocycles. The topological polar surface area (TPSA) is 68.4 Å². The van der Waals surface area contributed by atoms with E-state index in [0.717, 1.165) is 12.8 Å². The summed E-state index contributed by atoms with van der Waals surface area (Å²) in [6, 6.07) is 4.35. The summed E-state index contributed by atoms with van der Waals surface area (Å²) in [5.74, 6) is 1.37. The van der Waals surface area contributed by atoms with E-state index in [1.165, 1.54) is 19.1 Å². The highest BCUT2D eigenvalue weighted by Crippen LogP contribution is 2.38. The van der Waals surface area contributed by atoms with Crippen LogP contribution in [0.5, 0.6) is 5.75 Å². The zero-order valence-corrected chi connectivity index (χ0v) is 11.0. The van der Waals surface area contributed by atoms with Crippen molar-refractivity contribution in [2.24, 2.45) is 0 Å². The van der Waals surface area contributed by atoms with E-state index in [2.05, 4.69) is 10.1 Å². The summed E-state index contributed by atoms with van der Waals surface area (Å²) in [6.45, 7) is 1.64. The molecule has 1 saturated carbocycles. The molecule has 1 heterocycles. The van der Waals surface area contributed by atoms with Crippen LogP contribution in [0.2, 0.25) is 0 Å². The van der Waals surface area contributed by atoms with Gasteiger partial charge < -0.3 is 14.4 Å². The molecule has 1 atom stereocenters. The average molecular weight is 278 g/mol. The van der Waals surface area contributed by atoms with E-state index in [4.69, 9.17) is 9.26 Å². The minimum atomic E-state index is -0.845. The minimum absolute atomic E-state index is 0.129. The molecule has 1 fully saturated rings. The van der Waals surface area contributed by atoms with Gasteiger partial charge in [-0.25, -0.2) is 4.39 Å². The van der Waals surface area contributed by atoms with E-state index >= 15 is 0 Å². The van der Waals surface area contributed by atoms with Gasteiger partial charge in [0.15, 0.2) is 6.61 Å². The van der Waals surface area contributed by atoms with Crippen molar-refractivity contribution in [2.75, 3.05) is 0 Å². The first-order valence-electron chi connectivity index (χ1n) is 6.56. The third kappa shape index (κ3) is 2.80. The second kappa shape index (κ2) is 5.20. The van der Waals surface area contributed by atoms with Crippen molar-refractivity contribution in [1.82, 2.24) is 10.1 Å². The number of halogens is 1. The third-order valence-electron chi connectivity index (χ3n) is 3.20. The van der Waals surface area contributed by atoms with Crippen LogP contribution in [-0.2, 0) is 6.61 Å². The highest BCUT2D eigenvalue weighted by Gasteiger charge is 2.29. The van der Waals surface area contributed by atoms with Crippen molar-refractivity contribution < 1.29 is 18.8 Å². The number of aromatic nitrogens is 2. The number of benzene rings is 1. The first-order chi connectivity index (χ1) is 9.63. The number of nitrogens with zero attached hydrogens (tertiary/aromatic N) is 2. The van der Waals surface area contributed by atoms with Crippen molar-refractivity contribution in [3.05, 3.63) is 41.3 Å². The molecule has 1 aromatic heterocycles. The molecule has 1 aliphatic carbocycles. The Morgan fingerprint density at radius 3 is 2.95 bits per heavy atom. The molecule has 20 heavy (non-hydrogen) atoms. The van der Waals surface area contributed by atoms with Gasteiger partial charge in [0, 0.05) is 17.5 Å². The number of rotatable bonds is 5. The molecule has 0 radical (unpaired) electrons. The van der Waals surface area contributed by atoms with Gasteiger partial charge in [0.2, 0.25) is 11.7 Å². The molecule has 106 valence electrons. The predicted molar refractivity (Wildman–Crippen MR) is 67.6 cm³/mol. The largest absolute Gasteiger partial charge is 0.485 e. The summed E-state index contributed by atoms with van der Waals surface area (Å²) in [4.78, 5) is 4.22. The summed E-state index contributed by atoms with van der Waals surface area (Å²) >= 11 is 0. The molecule has 1 aliphatic rings. The van der Waals surface area contributed by atoms with Crippen LogP contribution >= 0.6 is 0 Å². The maximum absolute atomic E-state index is 13.7. The third-order valence-corrected chi connectivity index (χ3v) is 3.20. The lowest BCUT2D eigenvalue weighted by Gasteiger charge is -2.08. The van der Waals surface area contributed by atoms with Crippen LogP contribution in [0.1, 0.15) is 49.1 Å². The Morgan fingerprint density at radius 1 is 1.50 bits per heavy atom. The first-order valence-corrected chi connectivity index (χ1v) is 6.56. The zero-order chi connectivity index (χ0) is 14.1. The van der Waals surface area contributed by atoms with E-state index in [9.17, 15) is 9.50 Å². The molecule has 0 amide bonds. The monoisotopic (exact) mass is 278 g/mol. The Kier molecular flexibility index (Phi) is 3.40. The van der Waals surface area contributed by atoms with Gasteiger partial charge in [0.05, 0.1) is 6.10 Å². The molecular weight excluding hydrogens is 263 g/mol. The number of ether oxygens (including phenoxy) is 1. The van der Waals surface area contributed by atoms with Crippen molar-refractivity contribution in [3.8, 4) is 5.75 Å². The number of hydrogen-bond donors (Lipinski definition) is 1. The molecule has 0 unspecified atom stereocenters. The number of aliphatic hydroxyl groups excluding tert-OH is 1. The van der Waals surface area contributed by atoms with Crippen LogP contribution in [0.4, 0.5) is 4.39 Å². The Balaban J connectivity index is 1.63. The smallest absolute Gasteiger partial charge is 0.229 e. The number of aliphatic hydroxyl groups is 1. The lowest BCUT2D eigenvalue weighted by atomic mass is 10.1. The van der Waals surface area contributed by atoms with Gasteiger partial charge in [-0.3, -0.25) is 0 Å². The Bertz CT molecular complexity index is 608. The summed E-state index contributed by atoms with van der Waals surface area (Å²) in [5, 5.41) is 13.2. The number of hydrogen-bond acceptors (Lipinski definition) is 5. The molecule has 1 aromatic carbocycles. The van der Waals surface area contributed by atoms with Gasteiger partial charge in [-0.05, 0) is 31.9 Å². The van der Waals surface area contributed by atoms with Gasteiger partial charge in [-0.15, -0.1) is 0 Å². The fraction of sp³-hybridized carbons (Fsp3) is 0.429. The lowest BCUT2D eigenvalue weighted by molar-refractivity contribution is 0.193. The van der Waals surface area contributed by atoms with E-state index in [1.807, 2.05) is 0 Å². The normalized spacial score (nSPS) is 16.1. The fourth-order valence-corrected chi connectivity index (χ4v) is 1.91. The zero-order valence-electron chi connectivity index (χ0n) is 11.0. The quantitative estimate of drug-likeness (QED) is 0.910. The van der Waals surface area contributed by atoms with Crippen molar-refractivity contribution in [2.45, 2.75) is 38.4 Å². The van der Waals surface area contributed by atoms with Crippen LogP contribution in [0.25, 0.3) is 0 Å². The van der Waals surface area contributed by atoms with Crippen LogP contribution < -0.4 is 4.74 Å². The molecule has 0 aliphatic heterocycles.